The van der Waals surface area contributed by atoms with Gasteiger partial charge in [-0.25, -0.2) is 0 Å². The van der Waals surface area contributed by atoms with Gasteiger partial charge < -0.3 is 14.9 Å². The van der Waals surface area contributed by atoms with Crippen molar-refractivity contribution < 1.29 is 27.9 Å². The lowest BCUT2D eigenvalue weighted by Crippen LogP contribution is -2.53. The Morgan fingerprint density at radius 2 is 1.58 bits per heavy atom. The summed E-state index contributed by atoms with van der Waals surface area (Å²) >= 11 is 0. The van der Waals surface area contributed by atoms with E-state index in [0.717, 1.165) is 18.6 Å². The normalized spacial score (nSPS) is 31.2. The second kappa shape index (κ2) is 7.22. The lowest BCUT2D eigenvalue weighted by Gasteiger charge is -2.44. The third-order valence-electron chi connectivity index (χ3n) is 7.59. The van der Waals surface area contributed by atoms with Crippen molar-refractivity contribution in [1.29, 1.82) is 0 Å². The smallest absolute Gasteiger partial charge is 0.388 e. The number of rotatable bonds is 3. The highest BCUT2D eigenvalue weighted by Crippen LogP contribution is 2.49. The van der Waals surface area contributed by atoms with Crippen LogP contribution in [0.5, 0.6) is 0 Å². The molecule has 2 heterocycles. The summed E-state index contributed by atoms with van der Waals surface area (Å²) in [6.45, 7) is 4.76. The Kier molecular flexibility index (Phi) is 5.15. The monoisotopic (exact) mass is 438 g/mol. The van der Waals surface area contributed by atoms with Gasteiger partial charge in [0, 0.05) is 30.7 Å². The van der Waals surface area contributed by atoms with Crippen LogP contribution in [-0.2, 0) is 15.8 Å². The zero-order valence-corrected chi connectivity index (χ0v) is 18.0. The number of anilines is 1. The molecule has 1 saturated carbocycles. The summed E-state index contributed by atoms with van der Waals surface area (Å²) in [5.41, 5.74) is -2.13. The van der Waals surface area contributed by atoms with Gasteiger partial charge in [0.2, 0.25) is 11.8 Å². The van der Waals surface area contributed by atoms with Crippen LogP contribution in [-0.4, -0.2) is 46.1 Å². The van der Waals surface area contributed by atoms with E-state index in [1.807, 2.05) is 13.8 Å². The van der Waals surface area contributed by atoms with E-state index in [4.69, 9.17) is 0 Å². The molecule has 1 aromatic carbocycles. The number of aliphatic hydroxyl groups is 1. The number of benzene rings is 1. The Morgan fingerprint density at radius 3 is 2.10 bits per heavy atom. The van der Waals surface area contributed by atoms with Crippen LogP contribution in [0.25, 0.3) is 0 Å². The van der Waals surface area contributed by atoms with Gasteiger partial charge in [-0.05, 0) is 76.6 Å². The number of nitrogens with zero attached hydrogens (tertiary/aromatic N) is 2. The fourth-order valence-electron chi connectivity index (χ4n) is 5.33. The molecule has 0 radical (unpaired) electrons. The molecule has 2 aliphatic heterocycles. The van der Waals surface area contributed by atoms with Gasteiger partial charge in [0.15, 0.2) is 0 Å². The summed E-state index contributed by atoms with van der Waals surface area (Å²) in [6, 6.07) is 4.70. The molecular formula is C23H29F3N2O3. The minimum absolute atomic E-state index is 0.0594. The largest absolute Gasteiger partial charge is 0.416 e. The zero-order chi connectivity index (χ0) is 22.7. The molecule has 2 amide bonds. The molecule has 0 unspecified atom stereocenters. The second-order valence-electron chi connectivity index (χ2n) is 10.0. The van der Waals surface area contributed by atoms with Gasteiger partial charge in [-0.15, -0.1) is 0 Å². The lowest BCUT2D eigenvalue weighted by molar-refractivity contribution is -0.141. The highest BCUT2D eigenvalue weighted by Gasteiger charge is 2.53. The summed E-state index contributed by atoms with van der Waals surface area (Å²) in [6.07, 6.45) is -0.631. The highest BCUT2D eigenvalue weighted by atomic mass is 19.4. The van der Waals surface area contributed by atoms with Crippen LogP contribution < -0.4 is 4.90 Å². The fraction of sp³-hybridized carbons (Fsp3) is 0.652. The Morgan fingerprint density at radius 1 is 0.968 bits per heavy atom. The molecule has 4 rings (SSSR count). The molecule has 1 spiro atoms. The molecule has 3 aliphatic rings. The van der Waals surface area contributed by atoms with Crippen LogP contribution in [0.15, 0.2) is 24.3 Å². The highest BCUT2D eigenvalue weighted by molar-refractivity contribution is 6.00. The number of alkyl halides is 3. The van der Waals surface area contributed by atoms with E-state index in [-0.39, 0.29) is 23.9 Å². The Hall–Kier alpha value is -2.09. The van der Waals surface area contributed by atoms with Gasteiger partial charge in [-0.1, -0.05) is 0 Å². The summed E-state index contributed by atoms with van der Waals surface area (Å²) in [4.78, 5) is 28.9. The van der Waals surface area contributed by atoms with E-state index < -0.39 is 22.8 Å². The first-order valence-corrected chi connectivity index (χ1v) is 10.9. The van der Waals surface area contributed by atoms with Crippen molar-refractivity contribution in [1.82, 2.24) is 4.90 Å². The first kappa shape index (κ1) is 22.1. The molecular weight excluding hydrogens is 409 g/mol. The van der Waals surface area contributed by atoms with Crippen LogP contribution in [0.2, 0.25) is 0 Å². The van der Waals surface area contributed by atoms with Crippen LogP contribution in [0, 0.1) is 5.41 Å². The third-order valence-corrected chi connectivity index (χ3v) is 7.59. The number of β-amino-alcohol motifs (C(OH)–C–C–N with tert-alkyl or cyclic N) is 1. The summed E-state index contributed by atoms with van der Waals surface area (Å²) in [5.74, 6) is -0.0176. The Labute approximate surface area is 180 Å². The van der Waals surface area contributed by atoms with Crippen LogP contribution in [0.4, 0.5) is 18.9 Å². The first-order chi connectivity index (χ1) is 14.4. The van der Waals surface area contributed by atoms with E-state index in [1.165, 1.54) is 12.1 Å². The Bertz CT molecular complexity index is 871. The van der Waals surface area contributed by atoms with Crippen LogP contribution in [0.3, 0.4) is 0 Å². The zero-order valence-electron chi connectivity index (χ0n) is 18.0. The maximum absolute atomic E-state index is 13.2. The lowest BCUT2D eigenvalue weighted by atomic mass is 9.67. The van der Waals surface area contributed by atoms with Gasteiger partial charge in [0.1, 0.15) is 0 Å². The SMILES string of the molecule is CC1(C)CCC(=O)N1C[C@]1(O)CC[C@]2(CCN(c3ccc(C(F)(F)F)cc3)C2=O)CC1. The molecule has 31 heavy (non-hydrogen) atoms. The molecule has 0 bridgehead atoms. The topological polar surface area (TPSA) is 60.9 Å². The van der Waals surface area contributed by atoms with Crippen molar-refractivity contribution in [2.75, 3.05) is 18.0 Å². The summed E-state index contributed by atoms with van der Waals surface area (Å²) in [7, 11) is 0. The number of halogens is 3. The minimum Gasteiger partial charge on any atom is -0.388 e. The average Bonchev–Trinajstić information content (AvgIpc) is 3.15. The van der Waals surface area contributed by atoms with E-state index in [9.17, 15) is 27.9 Å². The Balaban J connectivity index is 1.43. The van der Waals surface area contributed by atoms with E-state index in [1.54, 1.807) is 9.80 Å². The van der Waals surface area contributed by atoms with Crippen LogP contribution >= 0.6 is 0 Å². The molecule has 0 atom stereocenters. The van der Waals surface area contributed by atoms with E-state index >= 15 is 0 Å². The fourth-order valence-corrected chi connectivity index (χ4v) is 5.33. The molecule has 170 valence electrons. The molecule has 0 aromatic heterocycles. The average molecular weight is 438 g/mol. The quantitative estimate of drug-likeness (QED) is 0.772. The van der Waals surface area contributed by atoms with Gasteiger partial charge in [-0.2, -0.15) is 13.2 Å². The number of hydrogen-bond donors (Lipinski definition) is 1. The number of hydrogen-bond acceptors (Lipinski definition) is 3. The molecule has 2 saturated heterocycles. The van der Waals surface area contributed by atoms with Crippen LogP contribution in [0.1, 0.15) is 64.4 Å². The number of carbonyl (C=O) groups is 2. The predicted molar refractivity (Wildman–Crippen MR) is 109 cm³/mol. The molecule has 1 aliphatic carbocycles. The number of likely N-dealkylation sites (tertiary alicyclic amines) is 1. The van der Waals surface area contributed by atoms with Crippen molar-refractivity contribution in [3.05, 3.63) is 29.8 Å². The minimum atomic E-state index is -4.41. The molecule has 5 nitrogen and oxygen atoms in total. The van der Waals surface area contributed by atoms with E-state index in [0.29, 0.717) is 50.8 Å². The third kappa shape index (κ3) is 3.95. The first-order valence-electron chi connectivity index (χ1n) is 10.9. The van der Waals surface area contributed by atoms with Crippen molar-refractivity contribution in [2.24, 2.45) is 5.41 Å². The van der Waals surface area contributed by atoms with Gasteiger partial charge in [-0.3, -0.25) is 9.59 Å². The number of amides is 2. The van der Waals surface area contributed by atoms with Gasteiger partial charge >= 0.3 is 6.18 Å². The molecule has 1 N–H and O–H groups in total. The maximum Gasteiger partial charge on any atom is 0.416 e. The van der Waals surface area contributed by atoms with Crippen molar-refractivity contribution in [3.8, 4) is 0 Å². The maximum atomic E-state index is 13.2. The van der Waals surface area contributed by atoms with E-state index in [2.05, 4.69) is 0 Å². The standard InChI is InChI=1S/C23H29F3N2O3/c1-20(2)8-7-18(29)28(20)15-22(31)11-9-21(10-12-22)13-14-27(19(21)30)17-5-3-16(4-6-17)23(24,25)26/h3-6,31H,7-15H2,1-2H3/t21-,22+. The molecule has 1 aromatic rings. The van der Waals surface area contributed by atoms with Crippen molar-refractivity contribution in [2.45, 2.75) is 76.1 Å². The summed E-state index contributed by atoms with van der Waals surface area (Å²) in [5, 5.41) is 11.2. The van der Waals surface area contributed by atoms with Gasteiger partial charge in [0.25, 0.3) is 0 Å². The molecule has 3 fully saturated rings. The van der Waals surface area contributed by atoms with Gasteiger partial charge in [0.05, 0.1) is 16.6 Å². The number of carbonyl (C=O) groups excluding carboxylic acids is 2. The second-order valence-corrected chi connectivity index (χ2v) is 10.0. The molecule has 8 heteroatoms. The summed E-state index contributed by atoms with van der Waals surface area (Å²) < 4.78 is 38.5. The predicted octanol–water partition coefficient (Wildman–Crippen LogP) is 4.13. The van der Waals surface area contributed by atoms with Crippen molar-refractivity contribution >= 4 is 17.5 Å². The van der Waals surface area contributed by atoms with Crippen molar-refractivity contribution in [3.63, 3.8) is 0 Å².